The number of hydrogen-bond donors (Lipinski definition) is 0. The Morgan fingerprint density at radius 3 is 2.65 bits per heavy atom. The first-order valence-corrected chi connectivity index (χ1v) is 8.62. The third-order valence-corrected chi connectivity index (χ3v) is 4.98. The quantitative estimate of drug-likeness (QED) is 0.327. The fourth-order valence-electron chi connectivity index (χ4n) is 3.44. The molecule has 3 aliphatic rings. The lowest BCUT2D eigenvalue weighted by Gasteiger charge is -2.26. The lowest BCUT2D eigenvalue weighted by atomic mass is 9.85. The maximum absolute atomic E-state index is 12.3. The van der Waals surface area contributed by atoms with Crippen LogP contribution in [0.1, 0.15) is 33.6 Å². The van der Waals surface area contributed by atoms with Crippen molar-refractivity contribution in [1.82, 2.24) is 0 Å². The van der Waals surface area contributed by atoms with Crippen LogP contribution >= 0.6 is 0 Å². The lowest BCUT2D eigenvalue weighted by Crippen LogP contribution is -2.34. The summed E-state index contributed by atoms with van der Waals surface area (Å²) in [4.78, 5) is 36.6. The van der Waals surface area contributed by atoms with Gasteiger partial charge in [0.25, 0.3) is 0 Å². The van der Waals surface area contributed by atoms with Gasteiger partial charge in [-0.05, 0) is 32.9 Å². The summed E-state index contributed by atoms with van der Waals surface area (Å²) in [6.45, 7) is 9.10. The van der Waals surface area contributed by atoms with Crippen LogP contribution in [0, 0.1) is 5.92 Å². The minimum absolute atomic E-state index is 0.155. The fraction of sp³-hybridized carbons (Fsp3) is 0.450. The number of carbonyl (C=O) groups is 3. The molecule has 2 heterocycles. The van der Waals surface area contributed by atoms with Gasteiger partial charge in [0, 0.05) is 29.6 Å². The molecule has 1 unspecified atom stereocenters. The van der Waals surface area contributed by atoms with Crippen molar-refractivity contribution in [2.24, 2.45) is 5.92 Å². The van der Waals surface area contributed by atoms with Crippen molar-refractivity contribution in [3.8, 4) is 0 Å². The second-order valence-electron chi connectivity index (χ2n) is 6.89. The van der Waals surface area contributed by atoms with Gasteiger partial charge in [-0.2, -0.15) is 0 Å². The molecule has 0 N–H and O–H groups in total. The van der Waals surface area contributed by atoms with Gasteiger partial charge in [0.05, 0.1) is 5.92 Å². The number of allylic oxidation sites excluding steroid dienone is 1. The second-order valence-corrected chi connectivity index (χ2v) is 6.89. The molecule has 0 aromatic rings. The molecule has 0 aromatic heterocycles. The summed E-state index contributed by atoms with van der Waals surface area (Å²) in [7, 11) is 0. The SMILES string of the molecule is C=C1C(=O)O[C@@H]2/C=C(/C)CC3C=C(C[C@H](OC(=O)/C(C)=C\C)[C@@H]12)C(=O)O3. The molecule has 26 heavy (non-hydrogen) atoms. The molecular weight excluding hydrogens is 336 g/mol. The molecule has 4 atom stereocenters. The van der Waals surface area contributed by atoms with Crippen LogP contribution in [0.15, 0.2) is 47.1 Å². The van der Waals surface area contributed by atoms with E-state index in [1.165, 1.54) is 0 Å². The summed E-state index contributed by atoms with van der Waals surface area (Å²) >= 11 is 0. The Balaban J connectivity index is 2.00. The van der Waals surface area contributed by atoms with Gasteiger partial charge in [-0.25, -0.2) is 14.4 Å². The predicted molar refractivity (Wildman–Crippen MR) is 92.8 cm³/mol. The van der Waals surface area contributed by atoms with E-state index in [1.807, 2.05) is 13.0 Å². The van der Waals surface area contributed by atoms with Crippen LogP contribution < -0.4 is 0 Å². The lowest BCUT2D eigenvalue weighted by molar-refractivity contribution is -0.148. The molecule has 138 valence electrons. The fourth-order valence-corrected chi connectivity index (χ4v) is 3.44. The zero-order chi connectivity index (χ0) is 19.0. The van der Waals surface area contributed by atoms with Crippen molar-refractivity contribution in [3.05, 3.63) is 47.1 Å². The molecule has 3 rings (SSSR count). The number of hydrogen-bond acceptors (Lipinski definition) is 6. The Labute approximate surface area is 152 Å². The molecular formula is C20H22O6. The molecule has 0 spiro atoms. The van der Waals surface area contributed by atoms with E-state index < -0.39 is 36.0 Å². The molecule has 1 saturated heterocycles. The minimum Gasteiger partial charge on any atom is -0.458 e. The van der Waals surface area contributed by atoms with Crippen molar-refractivity contribution >= 4 is 17.9 Å². The molecule has 0 radical (unpaired) electrons. The topological polar surface area (TPSA) is 78.9 Å². The highest BCUT2D eigenvalue weighted by Gasteiger charge is 2.46. The monoisotopic (exact) mass is 358 g/mol. The van der Waals surface area contributed by atoms with Crippen LogP contribution in [0.5, 0.6) is 0 Å². The van der Waals surface area contributed by atoms with Gasteiger partial charge in [-0.3, -0.25) is 0 Å². The molecule has 1 fully saturated rings. The van der Waals surface area contributed by atoms with Gasteiger partial charge < -0.3 is 14.2 Å². The van der Waals surface area contributed by atoms with Gasteiger partial charge in [-0.15, -0.1) is 0 Å². The zero-order valence-electron chi connectivity index (χ0n) is 15.1. The standard InChI is InChI=1S/C20H22O6/c1-5-11(3)18(21)25-16-9-13-8-14(24-20(13)23)6-10(2)7-15-17(16)12(4)19(22)26-15/h5,7-8,14-17H,4,6,9H2,1-3H3/b10-7-,11-5-/t14?,15-,16+,17+/m1/s1. The number of fused-ring (bicyclic) bond motifs is 2. The first kappa shape index (κ1) is 18.2. The highest BCUT2D eigenvalue weighted by atomic mass is 16.6. The first-order chi connectivity index (χ1) is 12.3. The number of esters is 3. The molecule has 1 aliphatic carbocycles. The number of carbonyl (C=O) groups excluding carboxylic acids is 3. The Bertz CT molecular complexity index is 769. The van der Waals surface area contributed by atoms with E-state index in [2.05, 4.69) is 6.58 Å². The van der Waals surface area contributed by atoms with E-state index in [0.29, 0.717) is 17.6 Å². The summed E-state index contributed by atoms with van der Waals surface area (Å²) < 4.78 is 16.5. The predicted octanol–water partition coefficient (Wildman–Crippen LogP) is 2.55. The largest absolute Gasteiger partial charge is 0.458 e. The van der Waals surface area contributed by atoms with Crippen LogP contribution in [-0.2, 0) is 28.6 Å². The summed E-state index contributed by atoms with van der Waals surface area (Å²) in [5.74, 6) is -1.96. The minimum atomic E-state index is -0.749. The van der Waals surface area contributed by atoms with Crippen molar-refractivity contribution in [1.29, 1.82) is 0 Å². The third kappa shape index (κ3) is 3.36. The highest BCUT2D eigenvalue weighted by Crippen LogP contribution is 2.38. The van der Waals surface area contributed by atoms with Crippen LogP contribution in [-0.4, -0.2) is 36.2 Å². The van der Waals surface area contributed by atoms with Gasteiger partial charge in [0.2, 0.25) is 0 Å². The molecule has 6 heteroatoms. The Kier molecular flexibility index (Phi) is 4.85. The van der Waals surface area contributed by atoms with E-state index in [-0.39, 0.29) is 18.1 Å². The van der Waals surface area contributed by atoms with Crippen LogP contribution in [0.2, 0.25) is 0 Å². The van der Waals surface area contributed by atoms with Crippen LogP contribution in [0.4, 0.5) is 0 Å². The molecule has 6 nitrogen and oxygen atoms in total. The van der Waals surface area contributed by atoms with Gasteiger partial charge >= 0.3 is 17.9 Å². The second kappa shape index (κ2) is 6.94. The summed E-state index contributed by atoms with van der Waals surface area (Å²) in [5, 5.41) is 0. The molecule has 0 saturated carbocycles. The first-order valence-electron chi connectivity index (χ1n) is 8.62. The average molecular weight is 358 g/mol. The number of ether oxygens (including phenoxy) is 3. The van der Waals surface area contributed by atoms with E-state index in [1.54, 1.807) is 26.0 Å². The van der Waals surface area contributed by atoms with Gasteiger partial charge in [0.1, 0.15) is 18.3 Å². The smallest absolute Gasteiger partial charge is 0.334 e. The Morgan fingerprint density at radius 1 is 1.23 bits per heavy atom. The third-order valence-electron chi connectivity index (χ3n) is 4.98. The van der Waals surface area contributed by atoms with Crippen LogP contribution in [0.25, 0.3) is 0 Å². The Hall–Kier alpha value is -2.63. The van der Waals surface area contributed by atoms with Gasteiger partial charge in [0.15, 0.2) is 0 Å². The van der Waals surface area contributed by atoms with Crippen molar-refractivity contribution in [3.63, 3.8) is 0 Å². The molecule has 0 aromatic carbocycles. The number of rotatable bonds is 2. The zero-order valence-corrected chi connectivity index (χ0v) is 15.1. The van der Waals surface area contributed by atoms with Crippen molar-refractivity contribution in [2.45, 2.75) is 51.9 Å². The average Bonchev–Trinajstić information content (AvgIpc) is 3.04. The van der Waals surface area contributed by atoms with E-state index in [9.17, 15) is 14.4 Å². The molecule has 2 bridgehead atoms. The molecule has 0 amide bonds. The highest BCUT2D eigenvalue weighted by molar-refractivity contribution is 5.93. The summed E-state index contributed by atoms with van der Waals surface area (Å²) in [5.41, 5.74) is 2.07. The van der Waals surface area contributed by atoms with Crippen molar-refractivity contribution in [2.75, 3.05) is 0 Å². The Morgan fingerprint density at radius 2 is 1.96 bits per heavy atom. The van der Waals surface area contributed by atoms with Crippen LogP contribution in [0.3, 0.4) is 0 Å². The van der Waals surface area contributed by atoms with Crippen molar-refractivity contribution < 1.29 is 28.6 Å². The van der Waals surface area contributed by atoms with E-state index >= 15 is 0 Å². The maximum Gasteiger partial charge on any atom is 0.334 e. The van der Waals surface area contributed by atoms with E-state index in [4.69, 9.17) is 14.2 Å². The van der Waals surface area contributed by atoms with E-state index in [0.717, 1.165) is 5.57 Å². The normalized spacial score (nSPS) is 33.5. The maximum atomic E-state index is 12.3. The van der Waals surface area contributed by atoms with Gasteiger partial charge in [-0.1, -0.05) is 18.2 Å². The summed E-state index contributed by atoms with van der Waals surface area (Å²) in [6.07, 6.45) is 4.26. The molecule has 2 aliphatic heterocycles. The summed E-state index contributed by atoms with van der Waals surface area (Å²) in [6, 6.07) is 0.